The van der Waals surface area contributed by atoms with Gasteiger partial charge in [0.2, 0.25) is 0 Å². The van der Waals surface area contributed by atoms with E-state index in [4.69, 9.17) is 4.74 Å². The largest absolute Gasteiger partial charge is 0.489 e. The number of rotatable bonds is 9. The molecule has 6 atom stereocenters. The minimum Gasteiger partial charge on any atom is -0.489 e. The summed E-state index contributed by atoms with van der Waals surface area (Å²) in [7, 11) is 4.22. The fourth-order valence-corrected chi connectivity index (χ4v) is 4.72. The van der Waals surface area contributed by atoms with Crippen molar-refractivity contribution in [1.29, 1.82) is 0 Å². The molecule has 1 heterocycles. The van der Waals surface area contributed by atoms with Gasteiger partial charge in [-0.15, -0.1) is 11.8 Å². The first-order chi connectivity index (χ1) is 14.4. The van der Waals surface area contributed by atoms with Crippen molar-refractivity contribution in [3.05, 3.63) is 41.5 Å². The molecule has 4 heteroatoms. The predicted octanol–water partition coefficient (Wildman–Crippen LogP) is 3.76. The van der Waals surface area contributed by atoms with Crippen LogP contribution in [0.5, 0.6) is 5.75 Å². The van der Waals surface area contributed by atoms with Crippen molar-refractivity contribution < 1.29 is 14.9 Å². The summed E-state index contributed by atoms with van der Waals surface area (Å²) in [5, 5.41) is 21.1. The van der Waals surface area contributed by atoms with E-state index in [-0.39, 0.29) is 23.9 Å². The summed E-state index contributed by atoms with van der Waals surface area (Å²) in [6.07, 6.45) is 7.54. The lowest BCUT2D eigenvalue weighted by atomic mass is 9.86. The summed E-state index contributed by atoms with van der Waals surface area (Å²) in [6.45, 7) is 4.92. The standard InChI is InChI=1S/C26H37NO3/c1-5-6-10-18(2)22(28)15-14-20-23(29)17-24-25(20)21-13-9-12-19(26(21)30-24)11-7-8-16-27(3)4/h9,12-15,18,20,22-25,28-29H,7-8,10-11,16-17H2,1-4H3/t18-,20-,22+,23+,24-,25-/m0/s1. The third-order valence-corrected chi connectivity index (χ3v) is 6.50. The second-order valence-corrected chi connectivity index (χ2v) is 9.14. The molecule has 30 heavy (non-hydrogen) atoms. The van der Waals surface area contributed by atoms with E-state index in [2.05, 4.69) is 49.0 Å². The Morgan fingerprint density at radius 2 is 2.10 bits per heavy atom. The second kappa shape index (κ2) is 10.5. The molecule has 1 saturated carbocycles. The normalized spacial score (nSPS) is 26.8. The lowest BCUT2D eigenvalue weighted by Crippen LogP contribution is -2.19. The molecule has 1 aliphatic carbocycles. The predicted molar refractivity (Wildman–Crippen MR) is 122 cm³/mol. The Kier molecular flexibility index (Phi) is 7.99. The maximum atomic E-state index is 10.7. The quantitative estimate of drug-likeness (QED) is 0.369. The fraction of sp³-hybridized carbons (Fsp3) is 0.615. The molecule has 2 N–H and O–H groups in total. The number of unbranched alkanes of at least 4 members (excludes halogenated alkanes) is 1. The van der Waals surface area contributed by atoms with Gasteiger partial charge >= 0.3 is 0 Å². The molecular formula is C26H37NO3. The molecule has 4 nitrogen and oxygen atoms in total. The number of aliphatic hydroxyl groups excluding tert-OH is 2. The van der Waals surface area contributed by atoms with Crippen molar-refractivity contribution in [2.75, 3.05) is 20.6 Å². The van der Waals surface area contributed by atoms with Crippen LogP contribution in [0.1, 0.15) is 56.6 Å². The summed E-state index contributed by atoms with van der Waals surface area (Å²) in [5.41, 5.74) is 2.50. The fourth-order valence-electron chi connectivity index (χ4n) is 4.72. The summed E-state index contributed by atoms with van der Waals surface area (Å²) >= 11 is 0. The topological polar surface area (TPSA) is 52.9 Å². The highest BCUT2D eigenvalue weighted by molar-refractivity contribution is 5.49. The van der Waals surface area contributed by atoms with Gasteiger partial charge in [0.05, 0.1) is 12.2 Å². The SMILES string of the molecule is CC#CC[C@H](C)[C@H](O)C=C[C@@H]1[C@H]2c3cccc(CCCCN(C)C)c3O[C@H]2C[C@H]1O. The first kappa shape index (κ1) is 22.9. The van der Waals surface area contributed by atoms with Crippen LogP contribution in [-0.4, -0.2) is 54.1 Å². The molecule has 0 amide bonds. The Morgan fingerprint density at radius 3 is 2.83 bits per heavy atom. The van der Waals surface area contributed by atoms with E-state index in [1.165, 1.54) is 17.5 Å². The number of fused-ring (bicyclic) bond motifs is 3. The summed E-state index contributed by atoms with van der Waals surface area (Å²) in [5.74, 6) is 7.16. The highest BCUT2D eigenvalue weighted by Gasteiger charge is 2.48. The van der Waals surface area contributed by atoms with Crippen molar-refractivity contribution in [1.82, 2.24) is 4.90 Å². The van der Waals surface area contributed by atoms with Crippen molar-refractivity contribution in [2.45, 2.75) is 70.2 Å². The molecule has 3 rings (SSSR count). The van der Waals surface area contributed by atoms with Crippen LogP contribution in [0.4, 0.5) is 0 Å². The van der Waals surface area contributed by atoms with E-state index in [0.29, 0.717) is 12.8 Å². The van der Waals surface area contributed by atoms with Gasteiger partial charge in [0.1, 0.15) is 11.9 Å². The van der Waals surface area contributed by atoms with Crippen molar-refractivity contribution in [2.24, 2.45) is 11.8 Å². The van der Waals surface area contributed by atoms with Crippen molar-refractivity contribution in [3.8, 4) is 17.6 Å². The number of nitrogens with zero attached hydrogens (tertiary/aromatic N) is 1. The van der Waals surface area contributed by atoms with Crippen LogP contribution in [0.15, 0.2) is 30.4 Å². The molecule has 0 spiro atoms. The van der Waals surface area contributed by atoms with Gasteiger partial charge in [0.25, 0.3) is 0 Å². The third kappa shape index (κ3) is 5.27. The number of benzene rings is 1. The highest BCUT2D eigenvalue weighted by Crippen LogP contribution is 2.52. The van der Waals surface area contributed by atoms with E-state index >= 15 is 0 Å². The molecule has 164 valence electrons. The molecule has 0 radical (unpaired) electrons. The molecule has 0 unspecified atom stereocenters. The zero-order valence-electron chi connectivity index (χ0n) is 18.8. The van der Waals surface area contributed by atoms with Crippen LogP contribution in [0.3, 0.4) is 0 Å². The summed E-state index contributed by atoms with van der Waals surface area (Å²) < 4.78 is 6.36. The summed E-state index contributed by atoms with van der Waals surface area (Å²) in [4.78, 5) is 2.22. The van der Waals surface area contributed by atoms with Gasteiger partial charge < -0.3 is 19.8 Å². The average molecular weight is 412 g/mol. The van der Waals surface area contributed by atoms with Crippen LogP contribution < -0.4 is 4.74 Å². The minimum atomic E-state index is -0.554. The maximum Gasteiger partial charge on any atom is 0.126 e. The van der Waals surface area contributed by atoms with Gasteiger partial charge in [-0.1, -0.05) is 37.3 Å². The zero-order valence-corrected chi connectivity index (χ0v) is 18.8. The Hall–Kier alpha value is -1.80. The smallest absolute Gasteiger partial charge is 0.126 e. The first-order valence-corrected chi connectivity index (χ1v) is 11.3. The Morgan fingerprint density at radius 1 is 1.30 bits per heavy atom. The van der Waals surface area contributed by atoms with Gasteiger partial charge in [-0.05, 0) is 58.3 Å². The van der Waals surface area contributed by atoms with Gasteiger partial charge in [-0.25, -0.2) is 0 Å². The highest BCUT2D eigenvalue weighted by atomic mass is 16.5. The molecule has 1 aliphatic heterocycles. The van der Waals surface area contributed by atoms with Gasteiger partial charge in [0, 0.05) is 30.2 Å². The van der Waals surface area contributed by atoms with E-state index in [9.17, 15) is 10.2 Å². The number of hydrogen-bond acceptors (Lipinski definition) is 4. The second-order valence-electron chi connectivity index (χ2n) is 9.14. The number of aryl methyl sites for hydroxylation is 1. The van der Waals surface area contributed by atoms with Crippen LogP contribution in [0.2, 0.25) is 0 Å². The van der Waals surface area contributed by atoms with Crippen molar-refractivity contribution >= 4 is 0 Å². The molecule has 1 aromatic rings. The van der Waals surface area contributed by atoms with Crippen LogP contribution in [0, 0.1) is 23.7 Å². The maximum absolute atomic E-state index is 10.7. The lowest BCUT2D eigenvalue weighted by Gasteiger charge is -2.19. The van der Waals surface area contributed by atoms with E-state index in [1.54, 1.807) is 0 Å². The molecule has 1 aromatic carbocycles. The molecule has 0 saturated heterocycles. The number of aliphatic hydroxyl groups is 2. The lowest BCUT2D eigenvalue weighted by molar-refractivity contribution is 0.134. The van der Waals surface area contributed by atoms with E-state index in [0.717, 1.165) is 25.1 Å². The first-order valence-electron chi connectivity index (χ1n) is 11.3. The van der Waals surface area contributed by atoms with Gasteiger partial charge in [0.15, 0.2) is 0 Å². The molecule has 0 bridgehead atoms. The number of hydrogen-bond donors (Lipinski definition) is 2. The average Bonchev–Trinajstić information content (AvgIpc) is 3.22. The molecule has 2 aliphatic rings. The molecule has 1 fully saturated rings. The Balaban J connectivity index is 1.70. The Bertz CT molecular complexity index is 791. The monoisotopic (exact) mass is 411 g/mol. The third-order valence-electron chi connectivity index (χ3n) is 6.50. The minimum absolute atomic E-state index is 0.0214. The van der Waals surface area contributed by atoms with Crippen LogP contribution in [0.25, 0.3) is 0 Å². The van der Waals surface area contributed by atoms with Crippen LogP contribution in [-0.2, 0) is 6.42 Å². The number of ether oxygens (including phenoxy) is 1. The van der Waals surface area contributed by atoms with Gasteiger partial charge in [-0.2, -0.15) is 0 Å². The molecule has 0 aromatic heterocycles. The molecular weight excluding hydrogens is 374 g/mol. The zero-order chi connectivity index (χ0) is 21.7. The van der Waals surface area contributed by atoms with Crippen molar-refractivity contribution in [3.63, 3.8) is 0 Å². The summed E-state index contributed by atoms with van der Waals surface area (Å²) in [6, 6.07) is 6.45. The number of para-hydroxylation sites is 1. The Labute approximate surface area is 181 Å². The van der Waals surface area contributed by atoms with Crippen LogP contribution >= 0.6 is 0 Å². The van der Waals surface area contributed by atoms with E-state index < -0.39 is 12.2 Å². The van der Waals surface area contributed by atoms with E-state index in [1.807, 2.05) is 26.0 Å². The van der Waals surface area contributed by atoms with Gasteiger partial charge in [-0.3, -0.25) is 0 Å².